The van der Waals surface area contributed by atoms with Gasteiger partial charge in [0.05, 0.1) is 6.61 Å². The van der Waals surface area contributed by atoms with Crippen molar-refractivity contribution < 1.29 is 4.74 Å². The van der Waals surface area contributed by atoms with E-state index in [1.807, 2.05) is 24.6 Å². The van der Waals surface area contributed by atoms with E-state index in [4.69, 9.17) is 4.74 Å². The van der Waals surface area contributed by atoms with E-state index in [9.17, 15) is 0 Å². The van der Waals surface area contributed by atoms with Gasteiger partial charge in [-0.1, -0.05) is 37.3 Å². The number of aryl methyl sites for hydroxylation is 1. The molecule has 0 spiro atoms. The number of hydrogen-bond acceptors (Lipinski definition) is 4. The molecule has 2 N–H and O–H groups in total. The molecule has 1 aromatic heterocycles. The Kier molecular flexibility index (Phi) is 7.40. The van der Waals surface area contributed by atoms with Crippen LogP contribution in [0.4, 0.5) is 0 Å². The van der Waals surface area contributed by atoms with Crippen molar-refractivity contribution in [2.75, 3.05) is 26.8 Å². The Hall–Kier alpha value is -2.41. The van der Waals surface area contributed by atoms with Gasteiger partial charge in [0.2, 0.25) is 0 Å². The van der Waals surface area contributed by atoms with E-state index in [2.05, 4.69) is 57.0 Å². The van der Waals surface area contributed by atoms with E-state index in [1.54, 1.807) is 7.11 Å². The van der Waals surface area contributed by atoms with Crippen molar-refractivity contribution in [1.82, 2.24) is 25.4 Å². The molecule has 25 heavy (non-hydrogen) atoms. The Morgan fingerprint density at radius 3 is 2.64 bits per heavy atom. The minimum atomic E-state index is 0.382. The molecule has 0 saturated heterocycles. The highest BCUT2D eigenvalue weighted by Crippen LogP contribution is 2.12. The molecule has 0 aliphatic carbocycles. The van der Waals surface area contributed by atoms with E-state index in [-0.39, 0.29) is 0 Å². The molecule has 136 valence electrons. The van der Waals surface area contributed by atoms with Crippen molar-refractivity contribution in [3.8, 4) is 0 Å². The quantitative estimate of drug-likeness (QED) is 0.432. The lowest BCUT2D eigenvalue weighted by molar-refractivity contribution is 0.203. The second-order valence-electron chi connectivity index (χ2n) is 6.00. The molecular formula is C18H28N6O. The van der Waals surface area contributed by atoms with Crippen LogP contribution in [0.1, 0.15) is 30.1 Å². The lowest BCUT2D eigenvalue weighted by Crippen LogP contribution is -2.40. The topological polar surface area (TPSA) is 76.4 Å². The van der Waals surface area contributed by atoms with E-state index >= 15 is 0 Å². The minimum Gasteiger partial charge on any atom is -0.383 e. The van der Waals surface area contributed by atoms with Gasteiger partial charge in [-0.25, -0.2) is 4.99 Å². The number of rotatable bonds is 8. The summed E-state index contributed by atoms with van der Waals surface area (Å²) in [5, 5.41) is 14.9. The second-order valence-corrected chi connectivity index (χ2v) is 6.00. The van der Waals surface area contributed by atoms with Crippen molar-refractivity contribution in [3.05, 3.63) is 47.5 Å². The molecule has 1 atom stereocenters. The maximum Gasteiger partial charge on any atom is 0.191 e. The average Bonchev–Trinajstić information content (AvgIpc) is 2.96. The summed E-state index contributed by atoms with van der Waals surface area (Å²) >= 11 is 0. The van der Waals surface area contributed by atoms with Crippen LogP contribution in [0.25, 0.3) is 0 Å². The second kappa shape index (κ2) is 9.78. The number of nitrogens with one attached hydrogen (secondary N) is 2. The zero-order chi connectivity index (χ0) is 18.1. The third-order valence-electron chi connectivity index (χ3n) is 4.10. The zero-order valence-corrected chi connectivity index (χ0v) is 15.5. The highest BCUT2D eigenvalue weighted by Gasteiger charge is 2.08. The molecule has 1 heterocycles. The lowest BCUT2D eigenvalue weighted by atomic mass is 10.0. The first-order valence-electron chi connectivity index (χ1n) is 8.52. The number of aliphatic imine (C=N–C) groups is 1. The Morgan fingerprint density at radius 1 is 1.24 bits per heavy atom. The highest BCUT2D eigenvalue weighted by molar-refractivity contribution is 5.79. The van der Waals surface area contributed by atoms with Crippen LogP contribution in [0.3, 0.4) is 0 Å². The Bertz CT molecular complexity index is 667. The highest BCUT2D eigenvalue weighted by atomic mass is 16.5. The predicted molar refractivity (Wildman–Crippen MR) is 99.6 cm³/mol. The molecule has 2 aromatic rings. The van der Waals surface area contributed by atoms with E-state index in [0.717, 1.165) is 24.2 Å². The fourth-order valence-corrected chi connectivity index (χ4v) is 2.33. The van der Waals surface area contributed by atoms with Crippen LogP contribution in [-0.2, 0) is 18.3 Å². The van der Waals surface area contributed by atoms with Gasteiger partial charge in [0, 0.05) is 27.2 Å². The Balaban J connectivity index is 1.97. The third-order valence-corrected chi connectivity index (χ3v) is 4.10. The first-order chi connectivity index (χ1) is 12.1. The van der Waals surface area contributed by atoms with Crippen LogP contribution in [0.15, 0.2) is 35.3 Å². The van der Waals surface area contributed by atoms with Gasteiger partial charge in [0.25, 0.3) is 0 Å². The molecule has 1 unspecified atom stereocenters. The summed E-state index contributed by atoms with van der Waals surface area (Å²) in [4.78, 5) is 4.62. The van der Waals surface area contributed by atoms with Crippen molar-refractivity contribution in [2.45, 2.75) is 26.3 Å². The van der Waals surface area contributed by atoms with Crippen LogP contribution in [0.5, 0.6) is 0 Å². The largest absolute Gasteiger partial charge is 0.383 e. The lowest BCUT2D eigenvalue weighted by Gasteiger charge is -2.16. The standard InChI is InChI=1S/C18H28N6O/c1-14(16-8-6-5-7-9-16)12-20-18(19-10-11-25-4)21-13-17-23-22-15(2)24(17)3/h5-9,14H,10-13H2,1-4H3,(H2,19,20,21). The predicted octanol–water partition coefficient (Wildman–Crippen LogP) is 1.61. The van der Waals surface area contributed by atoms with Crippen LogP contribution < -0.4 is 10.6 Å². The van der Waals surface area contributed by atoms with Gasteiger partial charge in [0.1, 0.15) is 12.4 Å². The number of hydrogen-bond donors (Lipinski definition) is 2. The SMILES string of the molecule is COCCNC(=NCc1nnc(C)n1C)NCC(C)c1ccccc1. The van der Waals surface area contributed by atoms with Crippen molar-refractivity contribution in [3.63, 3.8) is 0 Å². The molecule has 0 amide bonds. The van der Waals surface area contributed by atoms with Crippen molar-refractivity contribution in [2.24, 2.45) is 12.0 Å². The summed E-state index contributed by atoms with van der Waals surface area (Å²) in [7, 11) is 3.63. The van der Waals surface area contributed by atoms with Gasteiger partial charge in [-0.2, -0.15) is 0 Å². The zero-order valence-electron chi connectivity index (χ0n) is 15.5. The van der Waals surface area contributed by atoms with Gasteiger partial charge >= 0.3 is 0 Å². The van der Waals surface area contributed by atoms with Crippen LogP contribution in [-0.4, -0.2) is 47.5 Å². The van der Waals surface area contributed by atoms with Gasteiger partial charge in [-0.05, 0) is 18.4 Å². The normalized spacial score (nSPS) is 12.9. The van der Waals surface area contributed by atoms with Gasteiger partial charge in [0.15, 0.2) is 11.8 Å². The average molecular weight is 344 g/mol. The first-order valence-corrected chi connectivity index (χ1v) is 8.52. The smallest absolute Gasteiger partial charge is 0.191 e. The van der Waals surface area contributed by atoms with Crippen LogP contribution >= 0.6 is 0 Å². The first kappa shape index (κ1) is 18.9. The number of aromatic nitrogens is 3. The third kappa shape index (κ3) is 5.86. The monoisotopic (exact) mass is 344 g/mol. The summed E-state index contributed by atoms with van der Waals surface area (Å²) in [5.41, 5.74) is 1.30. The fraction of sp³-hybridized carbons (Fsp3) is 0.500. The molecule has 2 rings (SSSR count). The molecule has 0 radical (unpaired) electrons. The summed E-state index contributed by atoms with van der Waals surface area (Å²) in [6.07, 6.45) is 0. The maximum absolute atomic E-state index is 5.10. The molecule has 0 fully saturated rings. The number of nitrogens with zero attached hydrogens (tertiary/aromatic N) is 4. The molecule has 0 aliphatic heterocycles. The van der Waals surface area contributed by atoms with Crippen LogP contribution in [0.2, 0.25) is 0 Å². The molecule has 0 aliphatic rings. The van der Waals surface area contributed by atoms with Gasteiger partial charge in [-0.3, -0.25) is 0 Å². The minimum absolute atomic E-state index is 0.382. The van der Waals surface area contributed by atoms with Gasteiger partial charge in [-0.15, -0.1) is 10.2 Å². The Morgan fingerprint density at radius 2 is 2.00 bits per heavy atom. The van der Waals surface area contributed by atoms with Gasteiger partial charge < -0.3 is 19.9 Å². The fourth-order valence-electron chi connectivity index (χ4n) is 2.33. The van der Waals surface area contributed by atoms with Crippen molar-refractivity contribution in [1.29, 1.82) is 0 Å². The molecule has 0 bridgehead atoms. The molecule has 1 aromatic carbocycles. The molecule has 7 nitrogen and oxygen atoms in total. The Labute approximate surface area is 149 Å². The number of benzene rings is 1. The summed E-state index contributed by atoms with van der Waals surface area (Å²) in [5.74, 6) is 2.85. The number of methoxy groups -OCH3 is 1. The summed E-state index contributed by atoms with van der Waals surface area (Å²) in [6.45, 7) is 6.71. The maximum atomic E-state index is 5.10. The van der Waals surface area contributed by atoms with E-state index < -0.39 is 0 Å². The summed E-state index contributed by atoms with van der Waals surface area (Å²) < 4.78 is 7.05. The molecular weight excluding hydrogens is 316 g/mol. The van der Waals surface area contributed by atoms with Crippen molar-refractivity contribution >= 4 is 5.96 Å². The van der Waals surface area contributed by atoms with Crippen LogP contribution in [0, 0.1) is 6.92 Å². The van der Waals surface area contributed by atoms with E-state index in [1.165, 1.54) is 5.56 Å². The summed E-state index contributed by atoms with van der Waals surface area (Å²) in [6, 6.07) is 10.4. The molecule has 0 saturated carbocycles. The molecule has 7 heteroatoms. The number of ether oxygens (including phenoxy) is 1. The number of guanidine groups is 1. The van der Waals surface area contributed by atoms with E-state index in [0.29, 0.717) is 25.6 Å².